The van der Waals surface area contributed by atoms with Crippen molar-refractivity contribution in [1.82, 2.24) is 15.1 Å². The highest BCUT2D eigenvalue weighted by atomic mass is 127. The van der Waals surface area contributed by atoms with E-state index >= 15 is 0 Å². The molecule has 0 spiro atoms. The minimum Gasteiger partial charge on any atom is -0.484 e. The summed E-state index contributed by atoms with van der Waals surface area (Å²) in [5.74, 6) is -1.79. The normalized spacial score (nSPS) is 15.8. The molecule has 0 bridgehead atoms. The number of nitrogens with zero attached hydrogens (tertiary/aromatic N) is 2. The van der Waals surface area contributed by atoms with Crippen LogP contribution in [0.25, 0.3) is 0 Å². The van der Waals surface area contributed by atoms with Gasteiger partial charge in [0.05, 0.1) is 23.9 Å². The molecule has 1 saturated heterocycles. The van der Waals surface area contributed by atoms with Crippen LogP contribution >= 0.6 is 34.2 Å². The molecule has 1 unspecified atom stereocenters. The lowest BCUT2D eigenvalue weighted by Gasteiger charge is -2.30. The molecule has 4 N–H and O–H groups in total. The Morgan fingerprint density at radius 2 is 1.70 bits per heavy atom. The minimum absolute atomic E-state index is 0.0708. The maximum atomic E-state index is 13.8. The van der Waals surface area contributed by atoms with Crippen molar-refractivity contribution in [3.8, 4) is 5.75 Å². The second kappa shape index (κ2) is 15.3. The zero-order valence-corrected chi connectivity index (χ0v) is 26.7. The number of carbonyl (C=O) groups is 4. The average molecular weight is 735 g/mol. The van der Waals surface area contributed by atoms with Gasteiger partial charge in [0.15, 0.2) is 6.61 Å². The lowest BCUT2D eigenvalue weighted by Crippen LogP contribution is -2.50. The molecule has 0 aliphatic carbocycles. The van der Waals surface area contributed by atoms with Crippen LogP contribution in [0.1, 0.15) is 30.0 Å². The molecular formula is C31H32ClIN4O7. The number of amides is 5. The predicted molar refractivity (Wildman–Crippen MR) is 172 cm³/mol. The summed E-state index contributed by atoms with van der Waals surface area (Å²) in [6, 6.07) is 17.6. The van der Waals surface area contributed by atoms with Gasteiger partial charge in [-0.2, -0.15) is 0 Å². The van der Waals surface area contributed by atoms with Crippen LogP contribution in [0.4, 0.5) is 10.5 Å². The quantitative estimate of drug-likeness (QED) is 0.155. The number of aliphatic hydroxyl groups excluding tert-OH is 2. The molecule has 0 radical (unpaired) electrons. The second-order valence-electron chi connectivity index (χ2n) is 10.0. The van der Waals surface area contributed by atoms with Crippen LogP contribution in [0.3, 0.4) is 0 Å². The Bertz CT molecular complexity index is 1490. The molecule has 1 aliphatic heterocycles. The van der Waals surface area contributed by atoms with Gasteiger partial charge >= 0.3 is 6.03 Å². The Balaban J connectivity index is 1.53. The highest BCUT2D eigenvalue weighted by molar-refractivity contribution is 14.1. The van der Waals surface area contributed by atoms with Crippen molar-refractivity contribution < 1.29 is 34.1 Å². The van der Waals surface area contributed by atoms with E-state index in [0.29, 0.717) is 22.0 Å². The van der Waals surface area contributed by atoms with Crippen LogP contribution in [0, 0.1) is 3.57 Å². The summed E-state index contributed by atoms with van der Waals surface area (Å²) >= 11 is 8.47. The Labute approximate surface area is 273 Å². The van der Waals surface area contributed by atoms with Crippen LogP contribution in [0.5, 0.6) is 5.75 Å². The van der Waals surface area contributed by atoms with Gasteiger partial charge in [0.1, 0.15) is 17.8 Å². The number of hydrogen-bond acceptors (Lipinski definition) is 7. The number of hydrogen-bond donors (Lipinski definition) is 4. The molecule has 5 amide bonds. The second-order valence-corrected chi connectivity index (χ2v) is 11.7. The molecule has 4 rings (SSSR count). The van der Waals surface area contributed by atoms with Crippen molar-refractivity contribution in [3.05, 3.63) is 92.5 Å². The predicted octanol–water partition coefficient (Wildman–Crippen LogP) is 3.54. The molecule has 11 nitrogen and oxygen atoms in total. The fraction of sp³-hybridized carbons (Fsp3) is 0.290. The number of imide groups is 1. The molecular weight excluding hydrogens is 703 g/mol. The number of urea groups is 1. The zero-order valence-electron chi connectivity index (χ0n) is 23.8. The minimum atomic E-state index is -1.19. The number of anilines is 1. The summed E-state index contributed by atoms with van der Waals surface area (Å²) in [4.78, 5) is 55.4. The first-order valence-electron chi connectivity index (χ1n) is 13.8. The first-order chi connectivity index (χ1) is 21.1. The highest BCUT2D eigenvalue weighted by Crippen LogP contribution is 2.32. The number of carbonyl (C=O) groups excluding carboxylic acids is 4. The van der Waals surface area contributed by atoms with E-state index in [1.807, 2.05) is 30.3 Å². The third-order valence-electron chi connectivity index (χ3n) is 7.17. The van der Waals surface area contributed by atoms with Crippen molar-refractivity contribution in [2.24, 2.45) is 0 Å². The van der Waals surface area contributed by atoms with E-state index < -0.39 is 41.8 Å². The van der Waals surface area contributed by atoms with Gasteiger partial charge in [0.25, 0.3) is 11.8 Å². The maximum Gasteiger partial charge on any atom is 0.325 e. The summed E-state index contributed by atoms with van der Waals surface area (Å²) in [6.07, 6.45) is 0. The molecule has 3 atom stereocenters. The Hall–Kier alpha value is -3.72. The van der Waals surface area contributed by atoms with Gasteiger partial charge in [-0.25, -0.2) is 9.69 Å². The smallest absolute Gasteiger partial charge is 0.325 e. The SMILES string of the molecule is C[C@@H](c1ccccc1)[C@@H](C(=O)Nc1ccc(I)cc1Cl)N1C(=O)NC(c2ccc(OCC(=O)N(CCO)CCO)cc2)C1=O. The Kier molecular flexibility index (Phi) is 11.6. The Morgan fingerprint density at radius 1 is 1.05 bits per heavy atom. The molecule has 0 aromatic heterocycles. The van der Waals surface area contributed by atoms with Crippen LogP contribution in [0.15, 0.2) is 72.8 Å². The van der Waals surface area contributed by atoms with Gasteiger partial charge in [-0.3, -0.25) is 14.4 Å². The fourth-order valence-corrected chi connectivity index (χ4v) is 5.79. The number of nitrogens with one attached hydrogen (secondary N) is 2. The maximum absolute atomic E-state index is 13.8. The monoisotopic (exact) mass is 734 g/mol. The van der Waals surface area contributed by atoms with Gasteiger partial charge in [-0.15, -0.1) is 0 Å². The lowest BCUT2D eigenvalue weighted by molar-refractivity contribution is -0.134. The number of ether oxygens (including phenoxy) is 1. The number of rotatable bonds is 13. The summed E-state index contributed by atoms with van der Waals surface area (Å²) < 4.78 is 6.43. The lowest BCUT2D eigenvalue weighted by atomic mass is 9.91. The standard InChI is InChI=1S/C31H32ClIN4O7/c1-19(20-5-3-2-4-6-20)28(29(41)34-25-12-9-22(33)17-24(25)32)37-30(42)27(35-31(37)43)21-7-10-23(11-8-21)44-18-26(40)36(13-15-38)14-16-39/h2-12,17,19,27-28,38-39H,13-16,18H2,1H3,(H,34,41)(H,35,43)/t19-,27?,28-/m0/s1. The molecule has 1 heterocycles. The first kappa shape index (κ1) is 33.2. The number of aliphatic hydroxyl groups is 2. The Morgan fingerprint density at radius 3 is 2.32 bits per heavy atom. The van der Waals surface area contributed by atoms with E-state index in [1.165, 1.54) is 4.90 Å². The first-order valence-corrected chi connectivity index (χ1v) is 15.3. The summed E-state index contributed by atoms with van der Waals surface area (Å²) in [6.45, 7) is 1.11. The van der Waals surface area contributed by atoms with Gasteiger partial charge in [-0.1, -0.05) is 61.0 Å². The molecule has 3 aromatic carbocycles. The number of benzene rings is 3. The van der Waals surface area contributed by atoms with E-state index in [1.54, 1.807) is 49.4 Å². The zero-order chi connectivity index (χ0) is 31.8. The average Bonchev–Trinajstić information content (AvgIpc) is 3.31. The van der Waals surface area contributed by atoms with Gasteiger partial charge in [-0.05, 0) is 64.0 Å². The van der Waals surface area contributed by atoms with Gasteiger partial charge in [0, 0.05) is 22.6 Å². The van der Waals surface area contributed by atoms with Crippen LogP contribution in [-0.2, 0) is 14.4 Å². The van der Waals surface area contributed by atoms with E-state index in [9.17, 15) is 19.2 Å². The third-order valence-corrected chi connectivity index (χ3v) is 8.16. The molecule has 1 fully saturated rings. The van der Waals surface area contributed by atoms with Crippen molar-refractivity contribution in [3.63, 3.8) is 0 Å². The van der Waals surface area contributed by atoms with E-state index in [0.717, 1.165) is 14.0 Å². The van der Waals surface area contributed by atoms with Gasteiger partial charge in [0.2, 0.25) is 5.91 Å². The molecule has 44 heavy (non-hydrogen) atoms. The van der Waals surface area contributed by atoms with Crippen molar-refractivity contribution >= 4 is 63.6 Å². The largest absolute Gasteiger partial charge is 0.484 e. The van der Waals surface area contributed by atoms with Crippen LogP contribution in [-0.4, -0.2) is 82.7 Å². The van der Waals surface area contributed by atoms with Crippen LogP contribution < -0.4 is 15.4 Å². The summed E-state index contributed by atoms with van der Waals surface area (Å²) in [5, 5.41) is 24.1. The van der Waals surface area contributed by atoms with E-state index in [4.69, 9.17) is 26.6 Å². The number of halogens is 2. The topological polar surface area (TPSA) is 149 Å². The molecule has 13 heteroatoms. The third kappa shape index (κ3) is 7.86. The van der Waals surface area contributed by atoms with Crippen molar-refractivity contribution in [1.29, 1.82) is 0 Å². The van der Waals surface area contributed by atoms with Crippen molar-refractivity contribution in [2.45, 2.75) is 24.9 Å². The fourth-order valence-electron chi connectivity index (χ4n) is 4.88. The van der Waals surface area contributed by atoms with E-state index in [2.05, 4.69) is 33.2 Å². The summed E-state index contributed by atoms with van der Waals surface area (Å²) in [5.41, 5.74) is 1.58. The molecule has 232 valence electrons. The molecule has 3 aromatic rings. The van der Waals surface area contributed by atoms with Crippen LogP contribution in [0.2, 0.25) is 5.02 Å². The molecule has 0 saturated carbocycles. The molecule has 1 aliphatic rings. The highest BCUT2D eigenvalue weighted by Gasteiger charge is 2.47. The van der Waals surface area contributed by atoms with Crippen molar-refractivity contribution in [2.75, 3.05) is 38.2 Å². The van der Waals surface area contributed by atoms with E-state index in [-0.39, 0.29) is 32.9 Å². The van der Waals surface area contributed by atoms with Gasteiger partial charge < -0.3 is 30.5 Å². The summed E-state index contributed by atoms with van der Waals surface area (Å²) in [7, 11) is 0.